The van der Waals surface area contributed by atoms with Crippen LogP contribution in [0.15, 0.2) is 24.4 Å². The molecule has 0 aliphatic carbocycles. The number of carboxylic acid groups (broad SMARTS) is 1. The van der Waals surface area contributed by atoms with Crippen LogP contribution in [0.1, 0.15) is 28.5 Å². The van der Waals surface area contributed by atoms with Crippen LogP contribution in [0.25, 0.3) is 11.4 Å². The maximum Gasteiger partial charge on any atom is 0.337 e. The van der Waals surface area contributed by atoms with Crippen LogP contribution in [0.4, 0.5) is 4.39 Å². The Labute approximate surface area is 110 Å². The smallest absolute Gasteiger partial charge is 0.337 e. The zero-order valence-electron chi connectivity index (χ0n) is 10.6. The number of hydrogen-bond acceptors (Lipinski definition) is 3. The number of aromatic carboxylic acids is 1. The zero-order valence-corrected chi connectivity index (χ0v) is 10.6. The number of halogens is 1. The van der Waals surface area contributed by atoms with Crippen molar-refractivity contribution in [3.8, 4) is 11.4 Å². The molecule has 0 aliphatic heterocycles. The van der Waals surface area contributed by atoms with Crippen LogP contribution in [0.5, 0.6) is 0 Å². The highest BCUT2D eigenvalue weighted by atomic mass is 19.1. The Morgan fingerprint density at radius 1 is 1.42 bits per heavy atom. The summed E-state index contributed by atoms with van der Waals surface area (Å²) < 4.78 is 12.9. The molecule has 0 radical (unpaired) electrons. The van der Waals surface area contributed by atoms with Crippen molar-refractivity contribution >= 4 is 5.97 Å². The van der Waals surface area contributed by atoms with Crippen molar-refractivity contribution in [2.45, 2.75) is 20.3 Å². The topological polar surface area (TPSA) is 63.1 Å². The maximum atomic E-state index is 12.9. The van der Waals surface area contributed by atoms with E-state index in [1.54, 1.807) is 13.0 Å². The number of aryl methyl sites for hydroxylation is 2. The van der Waals surface area contributed by atoms with Gasteiger partial charge in [0.15, 0.2) is 0 Å². The highest BCUT2D eigenvalue weighted by Crippen LogP contribution is 2.22. The molecule has 0 unspecified atom stereocenters. The predicted octanol–water partition coefficient (Wildman–Crippen LogP) is 2.85. The van der Waals surface area contributed by atoms with Crippen LogP contribution in [0.3, 0.4) is 0 Å². The highest BCUT2D eigenvalue weighted by molar-refractivity contribution is 5.89. The summed E-state index contributed by atoms with van der Waals surface area (Å²) in [5, 5.41) is 9.11. The molecule has 2 heterocycles. The molecule has 0 aromatic carbocycles. The number of carbonyl (C=O) groups is 1. The van der Waals surface area contributed by atoms with Gasteiger partial charge in [0.05, 0.1) is 28.8 Å². The Kier molecular flexibility index (Phi) is 3.55. The molecule has 2 rings (SSSR count). The fourth-order valence-electron chi connectivity index (χ4n) is 1.88. The normalized spacial score (nSPS) is 10.5. The van der Waals surface area contributed by atoms with Crippen molar-refractivity contribution < 1.29 is 14.3 Å². The molecule has 98 valence electrons. The van der Waals surface area contributed by atoms with Gasteiger partial charge >= 0.3 is 5.97 Å². The summed E-state index contributed by atoms with van der Waals surface area (Å²) in [6.45, 7) is 3.60. The minimum Gasteiger partial charge on any atom is -0.478 e. The molecule has 5 heteroatoms. The molecule has 1 N–H and O–H groups in total. The van der Waals surface area contributed by atoms with E-state index in [0.717, 1.165) is 6.20 Å². The molecular weight excluding hydrogens is 247 g/mol. The molecule has 19 heavy (non-hydrogen) atoms. The summed E-state index contributed by atoms with van der Waals surface area (Å²) in [5.41, 5.74) is 2.52. The van der Waals surface area contributed by atoms with Gasteiger partial charge in [0.2, 0.25) is 0 Å². The fourth-order valence-corrected chi connectivity index (χ4v) is 1.88. The molecule has 0 saturated carbocycles. The van der Waals surface area contributed by atoms with Crippen molar-refractivity contribution in [1.29, 1.82) is 0 Å². The third kappa shape index (κ3) is 2.59. The van der Waals surface area contributed by atoms with Gasteiger partial charge < -0.3 is 5.11 Å². The number of hydrogen-bond donors (Lipinski definition) is 1. The van der Waals surface area contributed by atoms with E-state index >= 15 is 0 Å². The Morgan fingerprint density at radius 2 is 2.16 bits per heavy atom. The van der Waals surface area contributed by atoms with Crippen molar-refractivity contribution in [2.24, 2.45) is 0 Å². The summed E-state index contributed by atoms with van der Waals surface area (Å²) in [6, 6.07) is 4.42. The minimum atomic E-state index is -0.994. The van der Waals surface area contributed by atoms with Gasteiger partial charge in [0.1, 0.15) is 5.82 Å². The first-order valence-electron chi connectivity index (χ1n) is 5.88. The Morgan fingerprint density at radius 3 is 2.68 bits per heavy atom. The first-order valence-corrected chi connectivity index (χ1v) is 5.88. The first kappa shape index (κ1) is 13.1. The lowest BCUT2D eigenvalue weighted by molar-refractivity contribution is 0.0695. The van der Waals surface area contributed by atoms with Crippen LogP contribution in [-0.4, -0.2) is 21.0 Å². The molecule has 0 amide bonds. The molecular formula is C14H13FN2O2. The lowest BCUT2D eigenvalue weighted by Gasteiger charge is -2.09. The molecule has 0 spiro atoms. The van der Waals surface area contributed by atoms with Crippen molar-refractivity contribution in [1.82, 2.24) is 9.97 Å². The lowest BCUT2D eigenvalue weighted by atomic mass is 10.0. The van der Waals surface area contributed by atoms with E-state index in [0.29, 0.717) is 29.1 Å². The van der Waals surface area contributed by atoms with Crippen LogP contribution in [0.2, 0.25) is 0 Å². The van der Waals surface area contributed by atoms with Gasteiger partial charge in [-0.05, 0) is 37.1 Å². The third-order valence-corrected chi connectivity index (χ3v) is 2.83. The number of rotatable bonds is 3. The second-order valence-corrected chi connectivity index (χ2v) is 4.17. The summed E-state index contributed by atoms with van der Waals surface area (Å²) in [6.07, 6.45) is 1.63. The van der Waals surface area contributed by atoms with E-state index in [1.165, 1.54) is 12.1 Å². The monoisotopic (exact) mass is 260 g/mol. The zero-order chi connectivity index (χ0) is 14.0. The summed E-state index contributed by atoms with van der Waals surface area (Å²) in [7, 11) is 0. The number of pyridine rings is 2. The Balaban J connectivity index is 2.58. The molecule has 2 aromatic heterocycles. The van der Waals surface area contributed by atoms with Crippen LogP contribution >= 0.6 is 0 Å². The van der Waals surface area contributed by atoms with Gasteiger partial charge in [-0.3, -0.25) is 9.97 Å². The number of aromatic nitrogens is 2. The van der Waals surface area contributed by atoms with E-state index in [2.05, 4.69) is 9.97 Å². The lowest BCUT2D eigenvalue weighted by Crippen LogP contribution is -2.07. The average Bonchev–Trinajstić information content (AvgIpc) is 2.39. The largest absolute Gasteiger partial charge is 0.478 e. The molecule has 4 nitrogen and oxygen atoms in total. The van der Waals surface area contributed by atoms with E-state index in [9.17, 15) is 9.18 Å². The molecule has 0 bridgehead atoms. The predicted molar refractivity (Wildman–Crippen MR) is 68.5 cm³/mol. The highest BCUT2D eigenvalue weighted by Gasteiger charge is 2.15. The van der Waals surface area contributed by atoms with Gasteiger partial charge in [0.25, 0.3) is 0 Å². The summed E-state index contributed by atoms with van der Waals surface area (Å²) >= 11 is 0. The standard InChI is InChI=1S/C14H13FN2O2/c1-3-11-10(14(18)19)6-8(2)13(17-11)12-5-4-9(15)7-16-12/h4-7H,3H2,1-2H3,(H,18,19). The second-order valence-electron chi connectivity index (χ2n) is 4.17. The van der Waals surface area contributed by atoms with E-state index in [-0.39, 0.29) is 5.56 Å². The van der Waals surface area contributed by atoms with E-state index < -0.39 is 11.8 Å². The summed E-state index contributed by atoms with van der Waals surface area (Å²) in [4.78, 5) is 19.4. The average molecular weight is 260 g/mol. The molecule has 0 saturated heterocycles. The Bertz CT molecular complexity index is 624. The van der Waals surface area contributed by atoms with Gasteiger partial charge in [-0.2, -0.15) is 0 Å². The van der Waals surface area contributed by atoms with Crippen LogP contribution < -0.4 is 0 Å². The van der Waals surface area contributed by atoms with Gasteiger partial charge in [-0.15, -0.1) is 0 Å². The van der Waals surface area contributed by atoms with Gasteiger partial charge in [-0.1, -0.05) is 6.92 Å². The van der Waals surface area contributed by atoms with Crippen molar-refractivity contribution in [3.63, 3.8) is 0 Å². The van der Waals surface area contributed by atoms with Gasteiger partial charge in [0, 0.05) is 0 Å². The molecule has 2 aromatic rings. The van der Waals surface area contributed by atoms with Crippen LogP contribution in [0, 0.1) is 12.7 Å². The van der Waals surface area contributed by atoms with Crippen molar-refractivity contribution in [3.05, 3.63) is 47.0 Å². The minimum absolute atomic E-state index is 0.200. The molecule has 0 atom stereocenters. The number of carboxylic acids is 1. The first-order chi connectivity index (χ1) is 9.02. The number of nitrogens with zero attached hydrogens (tertiary/aromatic N) is 2. The summed E-state index contributed by atoms with van der Waals surface area (Å²) in [5.74, 6) is -1.41. The SMILES string of the molecule is CCc1nc(-c2ccc(F)cn2)c(C)cc1C(=O)O. The van der Waals surface area contributed by atoms with Crippen LogP contribution in [-0.2, 0) is 6.42 Å². The second kappa shape index (κ2) is 5.14. The van der Waals surface area contributed by atoms with Crippen molar-refractivity contribution in [2.75, 3.05) is 0 Å². The fraction of sp³-hybridized carbons (Fsp3) is 0.214. The molecule has 0 aliphatic rings. The quantitative estimate of drug-likeness (QED) is 0.921. The third-order valence-electron chi connectivity index (χ3n) is 2.83. The maximum absolute atomic E-state index is 12.9. The Hall–Kier alpha value is -2.30. The van der Waals surface area contributed by atoms with E-state index in [1.807, 2.05) is 6.92 Å². The molecule has 0 fully saturated rings. The van der Waals surface area contributed by atoms with Gasteiger partial charge in [-0.25, -0.2) is 9.18 Å². The van der Waals surface area contributed by atoms with E-state index in [4.69, 9.17) is 5.11 Å².